The fourth-order valence-electron chi connectivity index (χ4n) is 3.49. The van der Waals surface area contributed by atoms with Gasteiger partial charge in [-0.2, -0.15) is 0 Å². The number of aryl methyl sites for hydroxylation is 1. The summed E-state index contributed by atoms with van der Waals surface area (Å²) in [6.45, 7) is 7.65. The lowest BCUT2D eigenvalue weighted by Gasteiger charge is -2.28. The Kier molecular flexibility index (Phi) is 6.64. The van der Waals surface area contributed by atoms with Gasteiger partial charge < -0.3 is 11.1 Å². The van der Waals surface area contributed by atoms with Crippen LogP contribution in [-0.4, -0.2) is 37.8 Å². The molecule has 0 radical (unpaired) electrons. The normalized spacial score (nSPS) is 16.5. The molecule has 2 heterocycles. The summed E-state index contributed by atoms with van der Waals surface area (Å²) in [5.41, 5.74) is 8.02. The topological polar surface area (TPSA) is 136 Å². The molecule has 0 bridgehead atoms. The van der Waals surface area contributed by atoms with Gasteiger partial charge in [-0.1, -0.05) is 36.9 Å². The van der Waals surface area contributed by atoms with E-state index in [-0.39, 0.29) is 23.8 Å². The number of nitrogens with two attached hydrogens (primary N) is 1. The average Bonchev–Trinajstić information content (AvgIpc) is 2.74. The van der Waals surface area contributed by atoms with Gasteiger partial charge in [0.2, 0.25) is 16.4 Å². The second kappa shape index (κ2) is 9.23. The molecule has 4 N–H and O–H groups in total. The lowest BCUT2D eigenvalue weighted by Crippen LogP contribution is -2.37. The Morgan fingerprint density at radius 2 is 1.88 bits per heavy atom. The van der Waals surface area contributed by atoms with E-state index in [4.69, 9.17) is 5.73 Å². The van der Waals surface area contributed by atoms with Crippen molar-refractivity contribution in [2.45, 2.75) is 25.6 Å². The molecule has 1 aliphatic heterocycles. The highest BCUT2D eigenvalue weighted by molar-refractivity contribution is 7.91. The van der Waals surface area contributed by atoms with Crippen LogP contribution in [0.15, 0.2) is 70.0 Å². The molecule has 1 aliphatic rings. The van der Waals surface area contributed by atoms with E-state index in [2.05, 4.69) is 21.6 Å². The van der Waals surface area contributed by atoms with Crippen molar-refractivity contribution < 1.29 is 13.2 Å². The van der Waals surface area contributed by atoms with E-state index in [1.54, 1.807) is 50.2 Å². The number of benzene rings is 1. The number of sulfonamides is 1. The zero-order chi connectivity index (χ0) is 23.5. The third-order valence-electron chi connectivity index (χ3n) is 5.10. The molecule has 2 aromatic rings. The maximum Gasteiger partial charge on any atom is 0.279 e. The van der Waals surface area contributed by atoms with Gasteiger partial charge in [0.25, 0.3) is 5.56 Å². The SMILES string of the molecule is C=C1C(n2c(C)ccc(NS(=O)(=O)Cc3ccccc3)c2=O)=C(C)C(N)=NC1CNC=O. The minimum atomic E-state index is -3.83. The van der Waals surface area contributed by atoms with E-state index in [9.17, 15) is 18.0 Å². The van der Waals surface area contributed by atoms with Crippen LogP contribution < -0.4 is 21.3 Å². The number of pyridine rings is 1. The summed E-state index contributed by atoms with van der Waals surface area (Å²) in [6.07, 6.45) is 0.545. The summed E-state index contributed by atoms with van der Waals surface area (Å²) in [7, 11) is -3.83. The molecule has 1 aromatic carbocycles. The highest BCUT2D eigenvalue weighted by Gasteiger charge is 2.27. The number of hydrogen-bond donors (Lipinski definition) is 3. The molecule has 1 amide bonds. The Labute approximate surface area is 186 Å². The van der Waals surface area contributed by atoms with Crippen LogP contribution in [0.1, 0.15) is 18.2 Å². The first kappa shape index (κ1) is 23.0. The van der Waals surface area contributed by atoms with Gasteiger partial charge in [0, 0.05) is 17.8 Å². The van der Waals surface area contributed by atoms with Crippen LogP contribution >= 0.6 is 0 Å². The lowest BCUT2D eigenvalue weighted by atomic mass is 9.97. The standard InChI is InChI=1S/C22H25N5O4S/c1-14-9-10-18(26-32(30,31)12-17-7-5-4-6-8-17)22(29)27(14)20-15(2)19(11-24-13-28)25-21(23)16(20)3/h4-10,13,19,26H,2,11-12H2,1,3H3,(H2,23,25)(H,24,28). The van der Waals surface area contributed by atoms with Gasteiger partial charge in [-0.3, -0.25) is 23.9 Å². The minimum Gasteiger partial charge on any atom is -0.384 e. The van der Waals surface area contributed by atoms with Crippen LogP contribution in [0.3, 0.4) is 0 Å². The number of aliphatic imine (C=N–C) groups is 1. The molecule has 168 valence electrons. The van der Waals surface area contributed by atoms with Crippen LogP contribution in [0.4, 0.5) is 5.69 Å². The summed E-state index contributed by atoms with van der Waals surface area (Å²) >= 11 is 0. The lowest BCUT2D eigenvalue weighted by molar-refractivity contribution is -0.109. The van der Waals surface area contributed by atoms with Gasteiger partial charge in [0.05, 0.1) is 17.5 Å². The molecule has 0 aliphatic carbocycles. The van der Waals surface area contributed by atoms with E-state index in [1.165, 1.54) is 10.6 Å². The number of nitrogens with one attached hydrogen (secondary N) is 2. The van der Waals surface area contributed by atoms with Crippen molar-refractivity contribution >= 4 is 33.7 Å². The number of nitrogens with zero attached hydrogens (tertiary/aromatic N) is 2. The van der Waals surface area contributed by atoms with E-state index in [1.807, 2.05) is 0 Å². The summed E-state index contributed by atoms with van der Waals surface area (Å²) in [5.74, 6) is -0.0549. The molecule has 1 atom stereocenters. The van der Waals surface area contributed by atoms with Gasteiger partial charge >= 0.3 is 0 Å². The first-order valence-corrected chi connectivity index (χ1v) is 11.5. The first-order chi connectivity index (χ1) is 15.1. The molecule has 0 fully saturated rings. The molecule has 0 saturated carbocycles. The average molecular weight is 456 g/mol. The van der Waals surface area contributed by atoms with E-state index in [0.717, 1.165) is 0 Å². The number of amides is 1. The number of aromatic nitrogens is 1. The van der Waals surface area contributed by atoms with Gasteiger partial charge in [-0.05, 0) is 37.1 Å². The fourth-order valence-corrected chi connectivity index (χ4v) is 4.68. The summed E-state index contributed by atoms with van der Waals surface area (Å²) in [4.78, 5) is 28.4. The summed E-state index contributed by atoms with van der Waals surface area (Å²) in [6, 6.07) is 11.2. The van der Waals surface area contributed by atoms with Gasteiger partial charge in [-0.25, -0.2) is 8.42 Å². The largest absolute Gasteiger partial charge is 0.384 e. The molecule has 1 aromatic heterocycles. The van der Waals surface area contributed by atoms with Crippen molar-refractivity contribution in [1.29, 1.82) is 0 Å². The van der Waals surface area contributed by atoms with Crippen molar-refractivity contribution in [2.24, 2.45) is 10.7 Å². The van der Waals surface area contributed by atoms with Gasteiger partial charge in [-0.15, -0.1) is 0 Å². The second-order valence-electron chi connectivity index (χ2n) is 7.43. The number of amidine groups is 1. The van der Waals surface area contributed by atoms with Crippen LogP contribution in [0, 0.1) is 6.92 Å². The first-order valence-electron chi connectivity index (χ1n) is 9.82. The highest BCUT2D eigenvalue weighted by atomic mass is 32.2. The Balaban J connectivity index is 2.02. The number of carbonyl (C=O) groups is 1. The highest BCUT2D eigenvalue weighted by Crippen LogP contribution is 2.28. The van der Waals surface area contributed by atoms with Gasteiger partial charge in [0.15, 0.2) is 0 Å². The maximum atomic E-state index is 13.3. The zero-order valence-corrected chi connectivity index (χ0v) is 18.6. The maximum absolute atomic E-state index is 13.3. The molecule has 3 rings (SSSR count). The van der Waals surface area contributed by atoms with E-state index in [0.29, 0.717) is 34.5 Å². The van der Waals surface area contributed by atoms with Gasteiger partial charge in [0.1, 0.15) is 11.5 Å². The number of dihydropyridines is 1. The number of hydrogen-bond acceptors (Lipinski definition) is 6. The van der Waals surface area contributed by atoms with E-state index >= 15 is 0 Å². The molecule has 0 saturated heterocycles. The van der Waals surface area contributed by atoms with Crippen molar-refractivity contribution in [3.63, 3.8) is 0 Å². The Morgan fingerprint density at radius 3 is 2.53 bits per heavy atom. The monoisotopic (exact) mass is 455 g/mol. The molecular formula is C22H25N5O4S. The van der Waals surface area contributed by atoms with E-state index < -0.39 is 21.6 Å². The predicted molar refractivity (Wildman–Crippen MR) is 126 cm³/mol. The quantitative estimate of drug-likeness (QED) is 0.517. The molecule has 32 heavy (non-hydrogen) atoms. The van der Waals surface area contributed by atoms with Crippen molar-refractivity contribution in [1.82, 2.24) is 9.88 Å². The molecule has 10 heteroatoms. The predicted octanol–water partition coefficient (Wildman–Crippen LogP) is 1.37. The fraction of sp³-hybridized carbons (Fsp3) is 0.227. The summed E-state index contributed by atoms with van der Waals surface area (Å²) < 4.78 is 29.1. The van der Waals surface area contributed by atoms with Crippen LogP contribution in [0.25, 0.3) is 5.70 Å². The van der Waals surface area contributed by atoms with Crippen LogP contribution in [-0.2, 0) is 20.6 Å². The third kappa shape index (κ3) is 4.80. The smallest absolute Gasteiger partial charge is 0.279 e. The summed E-state index contributed by atoms with van der Waals surface area (Å²) in [5, 5.41) is 2.54. The number of carbonyl (C=O) groups excluding carboxylic acids is 1. The third-order valence-corrected chi connectivity index (χ3v) is 6.35. The number of rotatable bonds is 8. The Bertz CT molecular complexity index is 1280. The molecule has 9 nitrogen and oxygen atoms in total. The van der Waals surface area contributed by atoms with Crippen molar-refractivity contribution in [3.8, 4) is 0 Å². The van der Waals surface area contributed by atoms with Crippen LogP contribution in [0.5, 0.6) is 0 Å². The zero-order valence-electron chi connectivity index (χ0n) is 17.8. The minimum absolute atomic E-state index is 0.0942. The molecule has 1 unspecified atom stereocenters. The molecular weight excluding hydrogens is 430 g/mol. The van der Waals surface area contributed by atoms with Crippen LogP contribution in [0.2, 0.25) is 0 Å². The number of anilines is 1. The molecule has 0 spiro atoms. The second-order valence-corrected chi connectivity index (χ2v) is 9.15. The Morgan fingerprint density at radius 1 is 1.19 bits per heavy atom. The van der Waals surface area contributed by atoms with Crippen molar-refractivity contribution in [3.05, 3.63) is 81.8 Å². The Hall–Kier alpha value is -3.66. The van der Waals surface area contributed by atoms with Crippen molar-refractivity contribution in [2.75, 3.05) is 11.3 Å².